The van der Waals surface area contributed by atoms with Gasteiger partial charge < -0.3 is 0 Å². The Morgan fingerprint density at radius 3 is 1.63 bits per heavy atom. The number of hydrogen-bond donors (Lipinski definition) is 0. The normalized spacial score (nSPS) is 12.4. The van der Waals surface area contributed by atoms with Crippen LogP contribution in [0, 0.1) is 0 Å². The van der Waals surface area contributed by atoms with Crippen molar-refractivity contribution < 1.29 is 0 Å². The molecule has 7 aromatic carbocycles. The number of fused-ring (bicyclic) bond motifs is 10. The van der Waals surface area contributed by atoms with E-state index in [1.54, 1.807) is 8.66 Å². The van der Waals surface area contributed by atoms with Gasteiger partial charge in [0.15, 0.2) is 0 Å². The second-order valence-electron chi connectivity index (χ2n) is 14.2. The van der Waals surface area contributed by atoms with E-state index in [9.17, 15) is 0 Å². The van der Waals surface area contributed by atoms with Crippen LogP contribution in [0.1, 0.15) is 0 Å². The van der Waals surface area contributed by atoms with Gasteiger partial charge in [0.05, 0.1) is 0 Å². The van der Waals surface area contributed by atoms with E-state index in [0.29, 0.717) is 14.5 Å². The third-order valence-electron chi connectivity index (χ3n) is 10.3. The van der Waals surface area contributed by atoms with Crippen LogP contribution in [-0.2, 0) is 0 Å². The average Bonchev–Trinajstić information content (AvgIpc) is 3.79. The van der Waals surface area contributed by atoms with Crippen LogP contribution in [0.3, 0.4) is 0 Å². The van der Waals surface area contributed by atoms with E-state index in [1.165, 1.54) is 81.1 Å². The first-order valence-corrected chi connectivity index (χ1v) is 26.1. The molecule has 0 N–H and O–H groups in total. The summed E-state index contributed by atoms with van der Waals surface area (Å²) in [4.78, 5) is 0. The molecule has 0 saturated heterocycles. The molecule has 0 spiro atoms. The van der Waals surface area contributed by atoms with Crippen molar-refractivity contribution in [2.24, 2.45) is 0 Å². The van der Waals surface area contributed by atoms with Gasteiger partial charge in [-0.3, -0.25) is 0 Å². The maximum absolute atomic E-state index is 2.52. The summed E-state index contributed by atoms with van der Waals surface area (Å²) in [6.45, 7) is 0. The Balaban J connectivity index is 1.24. The SMILES string of the molecule is [CH3][Ge]([CH3])([CH3])[c]1cccc2c1[se]c1ccc(-n3c4ccccc4c4c5c6ccccc6n(-c6ccc(-c7ccccc7)cc6)c5ccc43)cc12. The van der Waals surface area contributed by atoms with Crippen LogP contribution < -0.4 is 4.40 Å². The first-order valence-electron chi connectivity index (χ1n) is 17.0. The summed E-state index contributed by atoms with van der Waals surface area (Å²) >= 11 is -1.65. The van der Waals surface area contributed by atoms with E-state index < -0.39 is 13.3 Å². The number of nitrogens with zero attached hydrogens (tertiary/aromatic N) is 2. The zero-order chi connectivity index (χ0) is 32.9. The molecule has 10 rings (SSSR count). The summed E-state index contributed by atoms with van der Waals surface area (Å²) in [7, 11) is 0. The molecule has 0 bridgehead atoms. The van der Waals surface area contributed by atoms with Gasteiger partial charge in [0.25, 0.3) is 0 Å². The van der Waals surface area contributed by atoms with Gasteiger partial charge in [-0.05, 0) is 11.1 Å². The third kappa shape index (κ3) is 4.39. The predicted octanol–water partition coefficient (Wildman–Crippen LogP) is 11.5. The summed E-state index contributed by atoms with van der Waals surface area (Å²) in [5.74, 6) is 7.57. The Bertz CT molecular complexity index is 2900. The number of hydrogen-bond acceptors (Lipinski definition) is 0. The van der Waals surface area contributed by atoms with Gasteiger partial charge in [0.1, 0.15) is 0 Å². The standard InChI is InChI=1S/C45H34GeN2Se/c1-46(2,3)37-17-11-16-33-36-28-32(24-27-42(36)49-45(33)37)48-39-19-10-8-15-35(39)44-41(48)26-25-40-43(44)34-14-7-9-18-38(34)47(40)31-22-20-30(21-23-31)29-12-5-4-6-13-29/h4-28H,1-3H3. The number of para-hydroxylation sites is 2. The van der Waals surface area contributed by atoms with Crippen molar-refractivity contribution in [3.63, 3.8) is 0 Å². The second-order valence-corrected chi connectivity index (χ2v) is 27.0. The van der Waals surface area contributed by atoms with Crippen molar-refractivity contribution in [1.82, 2.24) is 9.13 Å². The van der Waals surface area contributed by atoms with Crippen LogP contribution >= 0.6 is 0 Å². The molecule has 2 nitrogen and oxygen atoms in total. The van der Waals surface area contributed by atoms with Gasteiger partial charge in [-0.25, -0.2) is 0 Å². The van der Waals surface area contributed by atoms with E-state index in [-0.39, 0.29) is 0 Å². The first kappa shape index (κ1) is 29.1. The Hall–Kier alpha value is -4.80. The molecule has 0 saturated carbocycles. The molecule has 4 heteroatoms. The summed E-state index contributed by atoms with van der Waals surface area (Å²) in [6.07, 6.45) is 0. The predicted molar refractivity (Wildman–Crippen MR) is 215 cm³/mol. The molecule has 0 radical (unpaired) electrons. The van der Waals surface area contributed by atoms with Crippen LogP contribution in [-0.4, -0.2) is 36.9 Å². The molecule has 0 amide bonds. The molecule has 0 aliphatic heterocycles. The van der Waals surface area contributed by atoms with E-state index >= 15 is 0 Å². The minimum atomic E-state index is -2.00. The fourth-order valence-corrected chi connectivity index (χ4v) is 17.2. The van der Waals surface area contributed by atoms with Gasteiger partial charge in [0, 0.05) is 0 Å². The van der Waals surface area contributed by atoms with E-state index in [0.717, 1.165) is 0 Å². The number of rotatable bonds is 4. The molecule has 0 aliphatic carbocycles. The van der Waals surface area contributed by atoms with Crippen molar-refractivity contribution in [3.8, 4) is 22.5 Å². The monoisotopic (exact) mass is 756 g/mol. The third-order valence-corrected chi connectivity index (χ3v) is 17.9. The summed E-state index contributed by atoms with van der Waals surface area (Å²) in [5, 5.41) is 8.08. The van der Waals surface area contributed by atoms with Crippen molar-refractivity contribution in [3.05, 3.63) is 152 Å². The van der Waals surface area contributed by atoms with Crippen molar-refractivity contribution in [1.29, 1.82) is 0 Å². The molecular weight excluding hydrogens is 720 g/mol. The van der Waals surface area contributed by atoms with Crippen LogP contribution in [0.5, 0.6) is 0 Å². The molecule has 0 atom stereocenters. The van der Waals surface area contributed by atoms with Crippen molar-refractivity contribution in [2.45, 2.75) is 17.3 Å². The Morgan fingerprint density at radius 2 is 0.980 bits per heavy atom. The molecule has 234 valence electrons. The Labute approximate surface area is 293 Å². The van der Waals surface area contributed by atoms with Crippen LogP contribution in [0.2, 0.25) is 17.3 Å². The molecule has 0 unspecified atom stereocenters. The van der Waals surface area contributed by atoms with Gasteiger partial charge in [-0.1, -0.05) is 42.5 Å². The zero-order valence-electron chi connectivity index (χ0n) is 27.7. The molecule has 49 heavy (non-hydrogen) atoms. The topological polar surface area (TPSA) is 9.86 Å². The average molecular weight is 754 g/mol. The summed E-state index contributed by atoms with van der Waals surface area (Å²) < 4.78 is 9.75. The quantitative estimate of drug-likeness (QED) is 0.158. The first-order chi connectivity index (χ1) is 24.0. The van der Waals surface area contributed by atoms with Crippen LogP contribution in [0.15, 0.2) is 152 Å². The van der Waals surface area contributed by atoms with E-state index in [2.05, 4.69) is 178 Å². The number of aromatic nitrogens is 2. The second kappa shape index (κ2) is 10.9. The van der Waals surface area contributed by atoms with Gasteiger partial charge in [-0.2, -0.15) is 0 Å². The molecule has 0 fully saturated rings. The van der Waals surface area contributed by atoms with Crippen molar-refractivity contribution >= 4 is 95.1 Å². The minimum absolute atomic E-state index is 0.354. The fourth-order valence-electron chi connectivity index (χ4n) is 8.02. The van der Waals surface area contributed by atoms with Crippen molar-refractivity contribution in [2.75, 3.05) is 0 Å². The molecule has 3 heterocycles. The van der Waals surface area contributed by atoms with Gasteiger partial charge in [-0.15, -0.1) is 0 Å². The zero-order valence-corrected chi connectivity index (χ0v) is 31.5. The maximum atomic E-state index is 2.52. The Kier molecular flexibility index (Phi) is 6.46. The van der Waals surface area contributed by atoms with E-state index in [4.69, 9.17) is 0 Å². The molecule has 10 aromatic rings. The van der Waals surface area contributed by atoms with Crippen LogP contribution in [0.25, 0.3) is 85.4 Å². The Morgan fingerprint density at radius 1 is 0.429 bits per heavy atom. The van der Waals surface area contributed by atoms with Gasteiger partial charge >= 0.3 is 242 Å². The van der Waals surface area contributed by atoms with E-state index in [1.807, 2.05) is 0 Å². The summed E-state index contributed by atoms with van der Waals surface area (Å²) in [5.41, 5.74) is 9.82. The molecular formula is C45H34GeN2Se. The summed E-state index contributed by atoms with van der Waals surface area (Å²) in [6, 6.07) is 56.5. The van der Waals surface area contributed by atoms with Crippen LogP contribution in [0.4, 0.5) is 0 Å². The van der Waals surface area contributed by atoms with Gasteiger partial charge in [0.2, 0.25) is 0 Å². The molecule has 0 aliphatic rings. The molecule has 3 aromatic heterocycles. The fraction of sp³-hybridized carbons (Fsp3) is 0.0667. The number of benzene rings is 7.